The Balaban J connectivity index is 2.12. The zero-order chi connectivity index (χ0) is 18.3. The van der Waals surface area contributed by atoms with Crippen LogP contribution in [0.4, 0.5) is 0 Å². The van der Waals surface area contributed by atoms with E-state index in [1.165, 1.54) is 10.4 Å². The lowest BCUT2D eigenvalue weighted by atomic mass is 10.2. The average Bonchev–Trinajstić information content (AvgIpc) is 2.66. The highest BCUT2D eigenvalue weighted by Crippen LogP contribution is 2.23. The molecule has 0 spiro atoms. The van der Waals surface area contributed by atoms with Crippen LogP contribution in [0.3, 0.4) is 0 Å². The molecule has 1 heterocycles. The second-order valence-electron chi connectivity index (χ2n) is 6.24. The van der Waals surface area contributed by atoms with Gasteiger partial charge in [-0.1, -0.05) is 32.4 Å². The van der Waals surface area contributed by atoms with Crippen LogP contribution in [-0.4, -0.2) is 62.8 Å². The fourth-order valence-corrected chi connectivity index (χ4v) is 4.79. The summed E-state index contributed by atoms with van der Waals surface area (Å²) in [7, 11) is -3.63. The minimum atomic E-state index is -3.63. The molecule has 0 unspecified atom stereocenters. The predicted molar refractivity (Wildman–Crippen MR) is 99.2 cm³/mol. The van der Waals surface area contributed by atoms with Crippen molar-refractivity contribution in [2.24, 2.45) is 0 Å². The summed E-state index contributed by atoms with van der Waals surface area (Å²) in [5.74, 6) is -0.330. The monoisotopic (exact) mass is 367 g/mol. The number of carbonyl (C=O) groups is 1. The van der Waals surface area contributed by atoms with Crippen LogP contribution < -0.4 is 5.32 Å². The molecule has 1 saturated heterocycles. The first-order valence-corrected chi connectivity index (χ1v) is 10.5. The van der Waals surface area contributed by atoms with Gasteiger partial charge in [0.1, 0.15) is 0 Å². The van der Waals surface area contributed by atoms with Crippen LogP contribution >= 0.6 is 0 Å². The van der Waals surface area contributed by atoms with Gasteiger partial charge in [0.15, 0.2) is 0 Å². The molecular formula is C18H29N3O3S. The highest BCUT2D eigenvalue weighted by Gasteiger charge is 2.29. The number of amides is 1. The average molecular weight is 368 g/mol. The van der Waals surface area contributed by atoms with Gasteiger partial charge in [0, 0.05) is 26.2 Å². The molecule has 1 aliphatic rings. The number of nitrogens with zero attached hydrogens (tertiary/aromatic N) is 2. The lowest BCUT2D eigenvalue weighted by molar-refractivity contribution is 0.0945. The largest absolute Gasteiger partial charge is 0.351 e. The van der Waals surface area contributed by atoms with Crippen LogP contribution in [-0.2, 0) is 10.0 Å². The fraction of sp³-hybridized carbons (Fsp3) is 0.611. The molecule has 6 nitrogen and oxygen atoms in total. The summed E-state index contributed by atoms with van der Waals surface area (Å²) >= 11 is 0. The van der Waals surface area contributed by atoms with E-state index in [1.807, 2.05) is 0 Å². The number of benzene rings is 1. The molecule has 1 aromatic rings. The van der Waals surface area contributed by atoms with E-state index in [1.54, 1.807) is 18.2 Å². The number of hydrogen-bond donors (Lipinski definition) is 1. The second-order valence-corrected chi connectivity index (χ2v) is 8.15. The zero-order valence-electron chi connectivity index (χ0n) is 15.2. The summed E-state index contributed by atoms with van der Waals surface area (Å²) in [6.45, 7) is 8.30. The molecule has 0 saturated carbocycles. The van der Waals surface area contributed by atoms with Crippen molar-refractivity contribution in [2.75, 3.05) is 39.3 Å². The van der Waals surface area contributed by atoms with Gasteiger partial charge in [-0.25, -0.2) is 8.42 Å². The lowest BCUT2D eigenvalue weighted by Gasteiger charge is -2.26. The SMILES string of the molecule is CCN(CC)CCNC(=O)c1ccccc1S(=O)(=O)N1CCCCC1. The molecule has 0 atom stereocenters. The van der Waals surface area contributed by atoms with Gasteiger partial charge in [0.05, 0.1) is 10.5 Å². The number of likely N-dealkylation sites (N-methyl/N-ethyl adjacent to an activating group) is 1. The highest BCUT2D eigenvalue weighted by molar-refractivity contribution is 7.89. The van der Waals surface area contributed by atoms with Crippen molar-refractivity contribution < 1.29 is 13.2 Å². The third-order valence-corrected chi connectivity index (χ3v) is 6.63. The molecule has 0 radical (unpaired) electrons. The van der Waals surface area contributed by atoms with Gasteiger partial charge < -0.3 is 10.2 Å². The zero-order valence-corrected chi connectivity index (χ0v) is 16.0. The van der Waals surface area contributed by atoms with Crippen molar-refractivity contribution >= 4 is 15.9 Å². The Hall–Kier alpha value is -1.44. The molecule has 7 heteroatoms. The fourth-order valence-electron chi connectivity index (χ4n) is 3.09. The van der Waals surface area contributed by atoms with Crippen LogP contribution in [0.25, 0.3) is 0 Å². The maximum atomic E-state index is 12.9. The van der Waals surface area contributed by atoms with Crippen molar-refractivity contribution in [3.05, 3.63) is 29.8 Å². The van der Waals surface area contributed by atoms with E-state index in [0.717, 1.165) is 38.9 Å². The van der Waals surface area contributed by atoms with Gasteiger partial charge in [0.25, 0.3) is 5.91 Å². The van der Waals surface area contributed by atoms with Gasteiger partial charge in [-0.15, -0.1) is 0 Å². The Bertz CT molecular complexity index is 666. The van der Waals surface area contributed by atoms with Crippen LogP contribution in [0.15, 0.2) is 29.2 Å². The number of rotatable bonds is 8. The number of hydrogen-bond acceptors (Lipinski definition) is 4. The van der Waals surface area contributed by atoms with Gasteiger partial charge in [0.2, 0.25) is 10.0 Å². The Morgan fingerprint density at radius 1 is 1.12 bits per heavy atom. The van der Waals surface area contributed by atoms with E-state index < -0.39 is 10.0 Å². The minimum Gasteiger partial charge on any atom is -0.351 e. The number of sulfonamides is 1. The third-order valence-electron chi connectivity index (χ3n) is 4.67. The maximum Gasteiger partial charge on any atom is 0.252 e. The Labute approximate surface area is 151 Å². The van der Waals surface area contributed by atoms with Crippen LogP contribution in [0.5, 0.6) is 0 Å². The summed E-state index contributed by atoms with van der Waals surface area (Å²) in [4.78, 5) is 14.9. The van der Waals surface area contributed by atoms with E-state index in [9.17, 15) is 13.2 Å². The first-order valence-electron chi connectivity index (χ1n) is 9.10. The van der Waals surface area contributed by atoms with Crippen LogP contribution in [0.1, 0.15) is 43.5 Å². The summed E-state index contributed by atoms with van der Waals surface area (Å²) in [6.07, 6.45) is 2.80. The normalized spacial score (nSPS) is 16.1. The Morgan fingerprint density at radius 3 is 2.40 bits per heavy atom. The molecule has 1 aliphatic heterocycles. The summed E-state index contributed by atoms with van der Waals surface area (Å²) < 4.78 is 27.3. The summed E-state index contributed by atoms with van der Waals surface area (Å²) in [5.41, 5.74) is 0.229. The summed E-state index contributed by atoms with van der Waals surface area (Å²) in [6, 6.07) is 6.49. The molecule has 1 amide bonds. The Morgan fingerprint density at radius 2 is 1.76 bits per heavy atom. The maximum absolute atomic E-state index is 12.9. The van der Waals surface area contributed by atoms with Crippen molar-refractivity contribution in [2.45, 2.75) is 38.0 Å². The Kier molecular flexibility index (Phi) is 7.40. The van der Waals surface area contributed by atoms with E-state index in [0.29, 0.717) is 19.6 Å². The molecule has 1 N–H and O–H groups in total. The first kappa shape index (κ1) is 19.9. The van der Waals surface area contributed by atoms with Gasteiger partial charge in [-0.3, -0.25) is 4.79 Å². The molecule has 0 aromatic heterocycles. The highest BCUT2D eigenvalue weighted by atomic mass is 32.2. The molecular weight excluding hydrogens is 338 g/mol. The molecule has 1 aromatic carbocycles. The standard InChI is InChI=1S/C18H29N3O3S/c1-3-20(4-2)15-12-19-18(22)16-10-6-7-11-17(16)25(23,24)21-13-8-5-9-14-21/h6-7,10-11H,3-5,8-9,12-15H2,1-2H3,(H,19,22). The molecule has 1 fully saturated rings. The topological polar surface area (TPSA) is 69.7 Å². The van der Waals surface area contributed by atoms with E-state index in [2.05, 4.69) is 24.1 Å². The van der Waals surface area contributed by atoms with E-state index >= 15 is 0 Å². The van der Waals surface area contributed by atoms with Gasteiger partial charge in [-0.2, -0.15) is 4.31 Å². The first-order chi connectivity index (χ1) is 12.0. The van der Waals surface area contributed by atoms with Crippen molar-refractivity contribution in [3.63, 3.8) is 0 Å². The van der Waals surface area contributed by atoms with Crippen LogP contribution in [0, 0.1) is 0 Å². The molecule has 0 bridgehead atoms. The quantitative estimate of drug-likeness (QED) is 0.762. The van der Waals surface area contributed by atoms with Gasteiger partial charge >= 0.3 is 0 Å². The van der Waals surface area contributed by atoms with Crippen LogP contribution in [0.2, 0.25) is 0 Å². The minimum absolute atomic E-state index is 0.109. The van der Waals surface area contributed by atoms with Gasteiger partial charge in [-0.05, 0) is 38.1 Å². The lowest BCUT2D eigenvalue weighted by Crippen LogP contribution is -2.38. The molecule has 25 heavy (non-hydrogen) atoms. The third kappa shape index (κ3) is 5.03. The number of nitrogens with one attached hydrogen (secondary N) is 1. The molecule has 0 aliphatic carbocycles. The number of carbonyl (C=O) groups excluding carboxylic acids is 1. The van der Waals surface area contributed by atoms with Crippen molar-refractivity contribution in [3.8, 4) is 0 Å². The van der Waals surface area contributed by atoms with Crippen molar-refractivity contribution in [1.29, 1.82) is 0 Å². The molecule has 2 rings (SSSR count). The summed E-state index contributed by atoms with van der Waals surface area (Å²) in [5, 5.41) is 2.85. The smallest absolute Gasteiger partial charge is 0.252 e. The predicted octanol–water partition coefficient (Wildman–Crippen LogP) is 1.93. The molecule has 140 valence electrons. The van der Waals surface area contributed by atoms with E-state index in [4.69, 9.17) is 0 Å². The van der Waals surface area contributed by atoms with E-state index in [-0.39, 0.29) is 16.4 Å². The second kappa shape index (κ2) is 9.31. The number of piperidine rings is 1. The van der Waals surface area contributed by atoms with Crippen molar-refractivity contribution in [1.82, 2.24) is 14.5 Å².